The summed E-state index contributed by atoms with van der Waals surface area (Å²) in [6.45, 7) is 0.193. The molecule has 5 nitrogen and oxygen atoms in total. The lowest BCUT2D eigenvalue weighted by atomic mass is 10.2. The van der Waals surface area contributed by atoms with Crippen molar-refractivity contribution in [2.45, 2.75) is 6.54 Å². The van der Waals surface area contributed by atoms with Crippen LogP contribution >= 0.6 is 27.5 Å². The number of amides is 1. The molecule has 0 aliphatic rings. The summed E-state index contributed by atoms with van der Waals surface area (Å²) in [5.41, 5.74) is 0.393. The van der Waals surface area contributed by atoms with Crippen molar-refractivity contribution in [1.82, 2.24) is 15.5 Å². The lowest BCUT2D eigenvalue weighted by Gasteiger charge is -2.05. The molecule has 0 spiro atoms. The van der Waals surface area contributed by atoms with Gasteiger partial charge in [-0.1, -0.05) is 22.8 Å². The second-order valence-electron chi connectivity index (χ2n) is 3.13. The average molecular weight is 317 g/mol. The number of halogens is 2. The molecule has 2 aromatic rings. The molecule has 88 valence electrons. The quantitative estimate of drug-likeness (QED) is 0.944. The lowest BCUT2D eigenvalue weighted by Crippen LogP contribution is -2.23. The average Bonchev–Trinajstić information content (AvgIpc) is 2.82. The van der Waals surface area contributed by atoms with E-state index in [2.05, 4.69) is 35.9 Å². The van der Waals surface area contributed by atoms with E-state index in [0.717, 1.165) is 0 Å². The van der Waals surface area contributed by atoms with Gasteiger partial charge < -0.3 is 9.84 Å². The van der Waals surface area contributed by atoms with Crippen molar-refractivity contribution >= 4 is 33.4 Å². The third kappa shape index (κ3) is 2.83. The zero-order chi connectivity index (χ0) is 12.3. The molecule has 1 N–H and O–H groups in total. The van der Waals surface area contributed by atoms with Crippen molar-refractivity contribution in [3.63, 3.8) is 0 Å². The molecule has 0 aliphatic carbocycles. The van der Waals surface area contributed by atoms with Crippen LogP contribution in [-0.2, 0) is 6.54 Å². The smallest absolute Gasteiger partial charge is 0.253 e. The summed E-state index contributed by atoms with van der Waals surface area (Å²) >= 11 is 9.24. The first kappa shape index (κ1) is 12.1. The number of rotatable bonds is 3. The van der Waals surface area contributed by atoms with Gasteiger partial charge in [0.2, 0.25) is 6.39 Å². The summed E-state index contributed by atoms with van der Waals surface area (Å²) in [4.78, 5) is 15.6. The van der Waals surface area contributed by atoms with Crippen molar-refractivity contribution in [1.29, 1.82) is 0 Å². The Balaban J connectivity index is 2.07. The topological polar surface area (TPSA) is 68.0 Å². The Labute approximate surface area is 110 Å². The fraction of sp³-hybridized carbons (Fsp3) is 0.100. The minimum atomic E-state index is -0.291. The molecular weight excluding hydrogens is 309 g/mol. The Morgan fingerprint density at radius 3 is 3.06 bits per heavy atom. The summed E-state index contributed by atoms with van der Waals surface area (Å²) in [5, 5.41) is 6.59. The van der Waals surface area contributed by atoms with Crippen molar-refractivity contribution < 1.29 is 9.32 Å². The van der Waals surface area contributed by atoms with Crippen molar-refractivity contribution in [3.05, 3.63) is 45.5 Å². The fourth-order valence-electron chi connectivity index (χ4n) is 1.20. The van der Waals surface area contributed by atoms with Crippen LogP contribution in [0, 0.1) is 0 Å². The van der Waals surface area contributed by atoms with Gasteiger partial charge in [0.05, 0.1) is 17.1 Å². The van der Waals surface area contributed by atoms with E-state index in [0.29, 0.717) is 20.9 Å². The molecule has 1 heterocycles. The third-order valence-corrected chi connectivity index (χ3v) is 3.31. The van der Waals surface area contributed by atoms with Crippen LogP contribution in [-0.4, -0.2) is 16.0 Å². The Bertz CT molecular complexity index is 530. The number of hydrogen-bond donors (Lipinski definition) is 1. The maximum Gasteiger partial charge on any atom is 0.253 e. The van der Waals surface area contributed by atoms with Crippen molar-refractivity contribution in [2.75, 3.05) is 0 Å². The van der Waals surface area contributed by atoms with Gasteiger partial charge in [-0.3, -0.25) is 4.79 Å². The van der Waals surface area contributed by atoms with E-state index in [4.69, 9.17) is 11.6 Å². The van der Waals surface area contributed by atoms with E-state index in [9.17, 15) is 4.79 Å². The Kier molecular flexibility index (Phi) is 3.75. The predicted octanol–water partition coefficient (Wildman–Crippen LogP) is 2.42. The van der Waals surface area contributed by atoms with Gasteiger partial charge in [-0.2, -0.15) is 4.98 Å². The van der Waals surface area contributed by atoms with Crippen LogP contribution in [0.2, 0.25) is 5.02 Å². The highest BCUT2D eigenvalue weighted by molar-refractivity contribution is 9.10. The monoisotopic (exact) mass is 315 g/mol. The highest BCUT2D eigenvalue weighted by atomic mass is 79.9. The second-order valence-corrected chi connectivity index (χ2v) is 4.36. The molecule has 0 aliphatic heterocycles. The van der Waals surface area contributed by atoms with Crippen LogP contribution in [0.15, 0.2) is 33.6 Å². The maximum atomic E-state index is 11.8. The van der Waals surface area contributed by atoms with Crippen LogP contribution < -0.4 is 5.32 Å². The van der Waals surface area contributed by atoms with Crippen LogP contribution in [0.25, 0.3) is 0 Å². The number of nitrogens with zero attached hydrogens (tertiary/aromatic N) is 2. The molecule has 0 atom stereocenters. The number of aromatic nitrogens is 2. The zero-order valence-electron chi connectivity index (χ0n) is 8.48. The summed E-state index contributed by atoms with van der Waals surface area (Å²) in [7, 11) is 0. The van der Waals surface area contributed by atoms with E-state index in [1.165, 1.54) is 6.39 Å². The molecule has 0 bridgehead atoms. The minimum absolute atomic E-state index is 0.193. The minimum Gasteiger partial charge on any atom is -0.345 e. The first-order chi connectivity index (χ1) is 8.18. The highest BCUT2D eigenvalue weighted by Gasteiger charge is 2.12. The first-order valence-electron chi connectivity index (χ1n) is 4.66. The molecule has 1 amide bonds. The van der Waals surface area contributed by atoms with Crippen LogP contribution in [0.5, 0.6) is 0 Å². The predicted molar refractivity (Wildman–Crippen MR) is 64.6 cm³/mol. The molecular formula is C10H7BrClN3O2. The van der Waals surface area contributed by atoms with E-state index in [1.807, 2.05) is 0 Å². The first-order valence-corrected chi connectivity index (χ1v) is 5.83. The molecule has 17 heavy (non-hydrogen) atoms. The van der Waals surface area contributed by atoms with E-state index in [-0.39, 0.29) is 12.5 Å². The van der Waals surface area contributed by atoms with Gasteiger partial charge in [-0.05, 0) is 28.1 Å². The van der Waals surface area contributed by atoms with Gasteiger partial charge in [0.15, 0.2) is 5.82 Å². The molecule has 1 aromatic carbocycles. The number of nitrogens with one attached hydrogen (secondary N) is 1. The van der Waals surface area contributed by atoms with E-state index >= 15 is 0 Å². The molecule has 0 radical (unpaired) electrons. The lowest BCUT2D eigenvalue weighted by molar-refractivity contribution is 0.0949. The summed E-state index contributed by atoms with van der Waals surface area (Å²) in [5.74, 6) is 0.116. The van der Waals surface area contributed by atoms with Crippen molar-refractivity contribution in [3.8, 4) is 0 Å². The third-order valence-electron chi connectivity index (χ3n) is 2.01. The number of carbonyl (C=O) groups excluding carboxylic acids is 1. The standard InChI is InChI=1S/C10H7BrClN3O2/c11-7-3-1-2-6(9(7)12)10(16)13-4-8-14-5-17-15-8/h1-3,5H,4H2,(H,13,16). The molecule has 0 saturated carbocycles. The number of benzene rings is 1. The van der Waals surface area contributed by atoms with Gasteiger partial charge in [0.1, 0.15) is 0 Å². The molecule has 2 rings (SSSR count). The van der Waals surface area contributed by atoms with Gasteiger partial charge in [0.25, 0.3) is 5.91 Å². The van der Waals surface area contributed by atoms with Crippen LogP contribution in [0.3, 0.4) is 0 Å². The van der Waals surface area contributed by atoms with Gasteiger partial charge in [-0.15, -0.1) is 0 Å². The molecule has 7 heteroatoms. The summed E-state index contributed by atoms with van der Waals surface area (Å²) in [6, 6.07) is 5.14. The number of carbonyl (C=O) groups is 1. The molecule has 1 aromatic heterocycles. The fourth-order valence-corrected chi connectivity index (χ4v) is 1.78. The highest BCUT2D eigenvalue weighted by Crippen LogP contribution is 2.25. The van der Waals surface area contributed by atoms with Gasteiger partial charge >= 0.3 is 0 Å². The molecule has 0 saturated heterocycles. The largest absolute Gasteiger partial charge is 0.345 e. The summed E-state index contributed by atoms with van der Waals surface area (Å²) < 4.78 is 5.22. The van der Waals surface area contributed by atoms with Gasteiger partial charge in [-0.25, -0.2) is 0 Å². The maximum absolute atomic E-state index is 11.8. The van der Waals surface area contributed by atoms with Crippen molar-refractivity contribution in [2.24, 2.45) is 0 Å². The van der Waals surface area contributed by atoms with Crippen LogP contribution in [0.1, 0.15) is 16.2 Å². The van der Waals surface area contributed by atoms with Crippen LogP contribution in [0.4, 0.5) is 0 Å². The Morgan fingerprint density at radius 2 is 2.35 bits per heavy atom. The Morgan fingerprint density at radius 1 is 1.53 bits per heavy atom. The Hall–Kier alpha value is -1.40. The van der Waals surface area contributed by atoms with E-state index in [1.54, 1.807) is 18.2 Å². The van der Waals surface area contributed by atoms with Gasteiger partial charge in [0, 0.05) is 4.47 Å². The normalized spacial score (nSPS) is 10.2. The second kappa shape index (κ2) is 5.29. The zero-order valence-corrected chi connectivity index (χ0v) is 10.8. The summed E-state index contributed by atoms with van der Waals surface area (Å²) in [6.07, 6.45) is 1.20. The molecule has 0 unspecified atom stereocenters. The SMILES string of the molecule is O=C(NCc1ncon1)c1cccc(Br)c1Cl. The molecule has 0 fully saturated rings. The van der Waals surface area contributed by atoms with E-state index < -0.39 is 0 Å². The number of hydrogen-bond acceptors (Lipinski definition) is 4.